The molecule has 4 N–H and O–H groups in total. The highest BCUT2D eigenvalue weighted by molar-refractivity contribution is 5.93. The number of nitrogens with one attached hydrogen (secondary N) is 4. The van der Waals surface area contributed by atoms with Crippen molar-refractivity contribution in [2.75, 3.05) is 11.9 Å². The number of amides is 1. The third kappa shape index (κ3) is 3.29. The van der Waals surface area contributed by atoms with Crippen LogP contribution in [0.15, 0.2) is 41.5 Å². The van der Waals surface area contributed by atoms with Crippen LogP contribution in [0.5, 0.6) is 0 Å². The Labute approximate surface area is 148 Å². The fraction of sp³-hybridized carbons (Fsp3) is 0.294. The minimum Gasteiger partial charge on any atom is -0.369 e. The summed E-state index contributed by atoms with van der Waals surface area (Å²) >= 11 is 0. The lowest BCUT2D eigenvalue weighted by molar-refractivity contribution is -0.129. The van der Waals surface area contributed by atoms with E-state index >= 15 is 0 Å². The van der Waals surface area contributed by atoms with E-state index in [4.69, 9.17) is 4.74 Å². The lowest BCUT2D eigenvalue weighted by Crippen LogP contribution is -2.33. The number of ether oxygens (including phenoxy) is 1. The van der Waals surface area contributed by atoms with Gasteiger partial charge in [0.15, 0.2) is 5.82 Å². The maximum absolute atomic E-state index is 12.8. The van der Waals surface area contributed by atoms with Crippen molar-refractivity contribution in [2.45, 2.75) is 18.9 Å². The van der Waals surface area contributed by atoms with Crippen LogP contribution in [0.3, 0.4) is 0 Å². The van der Waals surface area contributed by atoms with Crippen molar-refractivity contribution in [3.8, 4) is 11.4 Å². The van der Waals surface area contributed by atoms with E-state index in [0.29, 0.717) is 29.5 Å². The van der Waals surface area contributed by atoms with Gasteiger partial charge in [0.2, 0.25) is 5.91 Å². The number of aromatic amines is 3. The van der Waals surface area contributed by atoms with Gasteiger partial charge in [0.05, 0.1) is 5.92 Å². The summed E-state index contributed by atoms with van der Waals surface area (Å²) in [5, 5.41) is 9.16. The van der Waals surface area contributed by atoms with Gasteiger partial charge in [-0.2, -0.15) is 5.10 Å². The summed E-state index contributed by atoms with van der Waals surface area (Å²) in [7, 11) is 0. The fourth-order valence-corrected chi connectivity index (χ4v) is 3.14. The number of H-pyrrole nitrogens is 3. The van der Waals surface area contributed by atoms with Gasteiger partial charge in [0.25, 0.3) is 0 Å². The van der Waals surface area contributed by atoms with Crippen molar-refractivity contribution in [3.63, 3.8) is 0 Å². The number of carbonyl (C=O) groups excluding carboxylic acids is 1. The first-order valence-corrected chi connectivity index (χ1v) is 8.37. The maximum Gasteiger partial charge on any atom is 0.340 e. The highest BCUT2D eigenvalue weighted by Gasteiger charge is 2.34. The molecular formula is C17H18N6O3. The summed E-state index contributed by atoms with van der Waals surface area (Å²) < 4.78 is 5.78. The molecule has 9 nitrogen and oxygen atoms in total. The van der Waals surface area contributed by atoms with Gasteiger partial charge >= 0.3 is 5.69 Å². The molecule has 0 bridgehead atoms. The van der Waals surface area contributed by atoms with Crippen molar-refractivity contribution in [1.29, 1.82) is 0 Å². The van der Waals surface area contributed by atoms with Gasteiger partial charge in [-0.1, -0.05) is 12.1 Å². The molecule has 0 radical (unpaired) electrons. The number of imidazole rings is 1. The predicted molar refractivity (Wildman–Crippen MR) is 93.3 cm³/mol. The molecule has 2 aromatic heterocycles. The van der Waals surface area contributed by atoms with Crippen LogP contribution in [-0.4, -0.2) is 37.7 Å². The van der Waals surface area contributed by atoms with Crippen LogP contribution in [0.25, 0.3) is 11.4 Å². The number of hydrogen-bond acceptors (Lipinski definition) is 5. The summed E-state index contributed by atoms with van der Waals surface area (Å²) in [5.41, 5.74) is 0.943. The summed E-state index contributed by atoms with van der Waals surface area (Å²) in [6, 6.07) is 7.14. The molecule has 3 heterocycles. The molecule has 1 fully saturated rings. The van der Waals surface area contributed by atoms with Crippen molar-refractivity contribution < 1.29 is 9.53 Å². The second-order valence-corrected chi connectivity index (χ2v) is 6.11. The number of nitrogens with zero attached hydrogens (tertiary/aromatic N) is 2. The molecule has 4 rings (SSSR count). The minimum absolute atomic E-state index is 0.126. The van der Waals surface area contributed by atoms with Crippen LogP contribution in [0.2, 0.25) is 0 Å². The molecular weight excluding hydrogens is 336 g/mol. The van der Waals surface area contributed by atoms with Gasteiger partial charge in [-0.3, -0.25) is 9.78 Å². The summed E-state index contributed by atoms with van der Waals surface area (Å²) in [5.74, 6) is 0.621. The Morgan fingerprint density at radius 1 is 1.35 bits per heavy atom. The first-order valence-electron chi connectivity index (χ1n) is 8.37. The van der Waals surface area contributed by atoms with Crippen molar-refractivity contribution in [3.05, 3.63) is 53.0 Å². The maximum atomic E-state index is 12.8. The van der Waals surface area contributed by atoms with Crippen LogP contribution in [0.4, 0.5) is 5.69 Å². The Hall–Kier alpha value is -3.20. The molecule has 2 atom stereocenters. The summed E-state index contributed by atoms with van der Waals surface area (Å²) in [6.07, 6.45) is 4.53. The molecule has 0 spiro atoms. The number of benzene rings is 1. The highest BCUT2D eigenvalue weighted by atomic mass is 16.5. The number of carbonyl (C=O) groups is 1. The number of hydrogen-bond donors (Lipinski definition) is 4. The Morgan fingerprint density at radius 2 is 2.27 bits per heavy atom. The molecule has 1 aliphatic heterocycles. The topological polar surface area (TPSA) is 129 Å². The molecule has 0 saturated carbocycles. The van der Waals surface area contributed by atoms with E-state index in [-0.39, 0.29) is 23.6 Å². The van der Waals surface area contributed by atoms with Gasteiger partial charge in [-0.05, 0) is 25.0 Å². The molecule has 26 heavy (non-hydrogen) atoms. The Bertz CT molecular complexity index is 945. The summed E-state index contributed by atoms with van der Waals surface area (Å²) in [6.45, 7) is 0.608. The number of anilines is 1. The van der Waals surface area contributed by atoms with Gasteiger partial charge in [0, 0.05) is 30.3 Å². The van der Waals surface area contributed by atoms with Crippen LogP contribution in [-0.2, 0) is 9.53 Å². The average Bonchev–Trinajstić information content (AvgIpc) is 3.34. The Morgan fingerprint density at radius 3 is 3.04 bits per heavy atom. The van der Waals surface area contributed by atoms with E-state index in [2.05, 4.69) is 30.5 Å². The van der Waals surface area contributed by atoms with E-state index in [1.807, 2.05) is 0 Å². The molecule has 1 saturated heterocycles. The van der Waals surface area contributed by atoms with Gasteiger partial charge in [-0.25, -0.2) is 14.9 Å². The van der Waals surface area contributed by atoms with E-state index < -0.39 is 0 Å². The standard InChI is InChI=1S/C17H18N6O3/c24-16(12-5-2-8-26-13(12)15-18-6-7-19-15)20-11-4-1-3-10(9-11)14-21-17(25)23-22-14/h1,3-4,6-7,9,12-13H,2,5,8H2,(H,18,19)(H,20,24)(H2,21,22,23,25)/t12-,13-/m1/s1. The number of aromatic nitrogens is 5. The van der Waals surface area contributed by atoms with E-state index in [1.54, 1.807) is 36.7 Å². The van der Waals surface area contributed by atoms with Crippen molar-refractivity contribution in [1.82, 2.24) is 25.1 Å². The average molecular weight is 354 g/mol. The van der Waals surface area contributed by atoms with Crippen molar-refractivity contribution in [2.24, 2.45) is 5.92 Å². The largest absolute Gasteiger partial charge is 0.369 e. The monoisotopic (exact) mass is 354 g/mol. The normalized spacial score (nSPS) is 20.0. The zero-order valence-electron chi connectivity index (χ0n) is 13.9. The molecule has 1 amide bonds. The molecule has 134 valence electrons. The lowest BCUT2D eigenvalue weighted by Gasteiger charge is -2.29. The molecule has 0 unspecified atom stereocenters. The second-order valence-electron chi connectivity index (χ2n) is 6.11. The highest BCUT2D eigenvalue weighted by Crippen LogP contribution is 2.33. The second kappa shape index (κ2) is 6.96. The smallest absolute Gasteiger partial charge is 0.340 e. The summed E-state index contributed by atoms with van der Waals surface area (Å²) in [4.78, 5) is 33.9. The third-order valence-corrected chi connectivity index (χ3v) is 4.35. The zero-order chi connectivity index (χ0) is 17.9. The fourth-order valence-electron chi connectivity index (χ4n) is 3.14. The van der Waals surface area contributed by atoms with Crippen LogP contribution >= 0.6 is 0 Å². The van der Waals surface area contributed by atoms with E-state index in [9.17, 15) is 9.59 Å². The van der Waals surface area contributed by atoms with Gasteiger partial charge < -0.3 is 15.0 Å². The van der Waals surface area contributed by atoms with E-state index in [0.717, 1.165) is 12.8 Å². The number of rotatable bonds is 4. The molecule has 1 aromatic carbocycles. The van der Waals surface area contributed by atoms with Crippen LogP contribution in [0, 0.1) is 5.92 Å². The SMILES string of the molecule is O=C(Nc1cccc(-c2n[nH]c(=O)[nH]2)c1)[C@@H]1CCCO[C@H]1c1ncc[nH]1. The van der Waals surface area contributed by atoms with Crippen LogP contribution < -0.4 is 11.0 Å². The van der Waals surface area contributed by atoms with Gasteiger partial charge in [-0.15, -0.1) is 0 Å². The lowest BCUT2D eigenvalue weighted by atomic mass is 9.92. The predicted octanol–water partition coefficient (Wildman–Crippen LogP) is 1.59. The van der Waals surface area contributed by atoms with Crippen LogP contribution in [0.1, 0.15) is 24.8 Å². The quantitative estimate of drug-likeness (QED) is 0.565. The first kappa shape index (κ1) is 16.3. The van der Waals surface area contributed by atoms with E-state index in [1.165, 1.54) is 0 Å². The van der Waals surface area contributed by atoms with Crippen molar-refractivity contribution >= 4 is 11.6 Å². The molecule has 1 aliphatic rings. The molecule has 0 aliphatic carbocycles. The molecule has 9 heteroatoms. The Kier molecular flexibility index (Phi) is 4.36. The minimum atomic E-state index is -0.385. The first-order chi connectivity index (χ1) is 12.7. The Balaban J connectivity index is 1.53. The van der Waals surface area contributed by atoms with Gasteiger partial charge in [0.1, 0.15) is 11.9 Å². The third-order valence-electron chi connectivity index (χ3n) is 4.35. The molecule has 3 aromatic rings. The zero-order valence-corrected chi connectivity index (χ0v) is 13.9.